The molecule has 2 aromatic carbocycles. The average molecular weight is 491 g/mol. The lowest BCUT2D eigenvalue weighted by molar-refractivity contribution is -0.142. The van der Waals surface area contributed by atoms with Gasteiger partial charge in [0, 0.05) is 23.3 Å². The van der Waals surface area contributed by atoms with E-state index < -0.39 is 5.97 Å². The van der Waals surface area contributed by atoms with E-state index in [1.165, 1.54) is 5.56 Å². The van der Waals surface area contributed by atoms with Crippen molar-refractivity contribution in [3.63, 3.8) is 0 Å². The van der Waals surface area contributed by atoms with Crippen molar-refractivity contribution in [3.05, 3.63) is 99.3 Å². The van der Waals surface area contributed by atoms with Gasteiger partial charge in [0.1, 0.15) is 0 Å². The van der Waals surface area contributed by atoms with Crippen molar-refractivity contribution in [1.29, 1.82) is 0 Å². The Morgan fingerprint density at radius 1 is 1.06 bits per heavy atom. The second-order valence-corrected chi connectivity index (χ2v) is 10.00. The summed E-state index contributed by atoms with van der Waals surface area (Å²) in [6.07, 6.45) is 5.49. The molecule has 5 nitrogen and oxygen atoms in total. The summed E-state index contributed by atoms with van der Waals surface area (Å²) in [6.45, 7) is 3.97. The summed E-state index contributed by atoms with van der Waals surface area (Å²) < 4.78 is 0. The van der Waals surface area contributed by atoms with Gasteiger partial charge in [0.25, 0.3) is 0 Å². The van der Waals surface area contributed by atoms with Crippen molar-refractivity contribution >= 4 is 23.3 Å². The summed E-state index contributed by atoms with van der Waals surface area (Å²) in [5.41, 5.74) is 6.95. The fourth-order valence-corrected chi connectivity index (χ4v) is 5.49. The Kier molecular flexibility index (Phi) is 7.86. The third-order valence-corrected chi connectivity index (χ3v) is 7.40. The molecule has 1 aliphatic rings. The highest BCUT2D eigenvalue weighted by Gasteiger charge is 2.28. The molecule has 182 valence electrons. The maximum absolute atomic E-state index is 11.3. The van der Waals surface area contributed by atoms with E-state index in [2.05, 4.69) is 34.4 Å². The Hall–Kier alpha value is -3.18. The number of carbonyl (C=O) groups is 1. The van der Waals surface area contributed by atoms with Crippen LogP contribution in [-0.4, -0.2) is 27.0 Å². The average Bonchev–Trinajstić information content (AvgIpc) is 2.85. The van der Waals surface area contributed by atoms with Gasteiger partial charge < -0.3 is 10.3 Å². The van der Waals surface area contributed by atoms with Gasteiger partial charge in [-0.15, -0.1) is 0 Å². The van der Waals surface area contributed by atoms with Crippen LogP contribution in [0.3, 0.4) is 0 Å². The normalized spacial score (nSPS) is 19.3. The Labute approximate surface area is 211 Å². The molecule has 0 saturated heterocycles. The molecule has 6 heteroatoms. The highest BCUT2D eigenvalue weighted by Crippen LogP contribution is 2.37. The quantitative estimate of drug-likeness (QED) is 0.214. The topological polar surface area (TPSA) is 82.8 Å². The van der Waals surface area contributed by atoms with Gasteiger partial charge in [0.05, 0.1) is 17.5 Å². The van der Waals surface area contributed by atoms with Crippen LogP contribution in [0, 0.1) is 19.8 Å². The molecule has 1 atom stereocenters. The molecule has 3 aromatic rings. The van der Waals surface area contributed by atoms with E-state index in [-0.39, 0.29) is 11.8 Å². The van der Waals surface area contributed by atoms with Gasteiger partial charge in [-0.05, 0) is 97.5 Å². The smallest absolute Gasteiger partial charge is 0.306 e. The molecule has 0 bridgehead atoms. The minimum absolute atomic E-state index is 0.220. The first kappa shape index (κ1) is 24.9. The number of rotatable bonds is 7. The summed E-state index contributed by atoms with van der Waals surface area (Å²) >= 11 is 6.24. The summed E-state index contributed by atoms with van der Waals surface area (Å²) in [4.78, 5) is 15.6. The number of benzene rings is 2. The number of aliphatic carboxylic acids is 1. The lowest BCUT2D eigenvalue weighted by atomic mass is 9.77. The van der Waals surface area contributed by atoms with Crippen LogP contribution in [0.2, 0.25) is 5.02 Å². The van der Waals surface area contributed by atoms with Gasteiger partial charge in [0.2, 0.25) is 0 Å². The van der Waals surface area contributed by atoms with Crippen LogP contribution in [0.15, 0.2) is 65.9 Å². The number of hydrogen-bond donors (Lipinski definition) is 2. The number of hydrogen-bond acceptors (Lipinski definition) is 4. The molecule has 4 rings (SSSR count). The van der Waals surface area contributed by atoms with Crippen molar-refractivity contribution in [2.75, 3.05) is 0 Å². The number of carboxylic acids is 1. The van der Waals surface area contributed by atoms with Crippen molar-refractivity contribution in [2.24, 2.45) is 11.1 Å². The van der Waals surface area contributed by atoms with Gasteiger partial charge in [-0.3, -0.25) is 9.78 Å². The summed E-state index contributed by atoms with van der Waals surface area (Å²) in [6, 6.07) is 18.3. The number of halogens is 1. The Balaban J connectivity index is 1.65. The molecule has 1 saturated carbocycles. The molecular formula is C29H31ClN2O3. The SMILES string of the molecule is Cc1cc(C/C(=N\O)C(c2ccc(C3CCC(C(=O)O)CC3)cc2)c2ccc(Cl)cc2C)ccn1. The number of aromatic nitrogens is 1. The summed E-state index contributed by atoms with van der Waals surface area (Å²) in [5.74, 6) is -0.758. The van der Waals surface area contributed by atoms with E-state index in [1.807, 2.05) is 44.2 Å². The molecule has 0 radical (unpaired) electrons. The summed E-state index contributed by atoms with van der Waals surface area (Å²) in [7, 11) is 0. The zero-order valence-corrected chi connectivity index (χ0v) is 20.9. The number of carboxylic acid groups (broad SMARTS) is 1. The predicted molar refractivity (Wildman–Crippen MR) is 139 cm³/mol. The molecular weight excluding hydrogens is 460 g/mol. The molecule has 1 aromatic heterocycles. The van der Waals surface area contributed by atoms with Crippen LogP contribution in [0.4, 0.5) is 0 Å². The largest absolute Gasteiger partial charge is 0.481 e. The second-order valence-electron chi connectivity index (χ2n) is 9.56. The van der Waals surface area contributed by atoms with Crippen LogP contribution in [0.25, 0.3) is 0 Å². The van der Waals surface area contributed by atoms with E-state index in [4.69, 9.17) is 11.6 Å². The molecule has 1 unspecified atom stereocenters. The van der Waals surface area contributed by atoms with E-state index in [0.717, 1.165) is 53.6 Å². The number of oxime groups is 1. The van der Waals surface area contributed by atoms with Crippen molar-refractivity contribution in [3.8, 4) is 0 Å². The van der Waals surface area contributed by atoms with Crippen molar-refractivity contribution in [2.45, 2.75) is 57.8 Å². The van der Waals surface area contributed by atoms with E-state index in [1.54, 1.807) is 6.20 Å². The first-order valence-corrected chi connectivity index (χ1v) is 12.4. The van der Waals surface area contributed by atoms with Crippen LogP contribution < -0.4 is 0 Å². The molecule has 1 aliphatic carbocycles. The minimum Gasteiger partial charge on any atom is -0.481 e. The highest BCUT2D eigenvalue weighted by atomic mass is 35.5. The predicted octanol–water partition coefficient (Wildman–Crippen LogP) is 6.92. The maximum Gasteiger partial charge on any atom is 0.306 e. The van der Waals surface area contributed by atoms with E-state index in [9.17, 15) is 15.1 Å². The lowest BCUT2D eigenvalue weighted by Gasteiger charge is -2.27. The zero-order valence-electron chi connectivity index (χ0n) is 20.1. The third-order valence-electron chi connectivity index (χ3n) is 7.17. The van der Waals surface area contributed by atoms with Crippen molar-refractivity contribution < 1.29 is 15.1 Å². The lowest BCUT2D eigenvalue weighted by Crippen LogP contribution is -2.21. The number of pyridine rings is 1. The first-order valence-electron chi connectivity index (χ1n) is 12.1. The monoisotopic (exact) mass is 490 g/mol. The summed E-state index contributed by atoms with van der Waals surface area (Å²) in [5, 5.41) is 23.9. The van der Waals surface area contributed by atoms with Gasteiger partial charge in [-0.1, -0.05) is 47.1 Å². The third kappa shape index (κ3) is 5.91. The molecule has 0 spiro atoms. The van der Waals surface area contributed by atoms with Crippen LogP contribution in [0.5, 0.6) is 0 Å². The Bertz CT molecular complexity index is 1210. The van der Waals surface area contributed by atoms with Crippen LogP contribution >= 0.6 is 11.6 Å². The fourth-order valence-electron chi connectivity index (χ4n) is 5.27. The van der Waals surface area contributed by atoms with Crippen LogP contribution in [-0.2, 0) is 11.2 Å². The zero-order chi connectivity index (χ0) is 24.9. The van der Waals surface area contributed by atoms with Gasteiger partial charge in [0.15, 0.2) is 0 Å². The van der Waals surface area contributed by atoms with Gasteiger partial charge in [-0.2, -0.15) is 0 Å². The number of nitrogens with zero attached hydrogens (tertiary/aromatic N) is 2. The van der Waals surface area contributed by atoms with Gasteiger partial charge in [-0.25, -0.2) is 0 Å². The fraction of sp³-hybridized carbons (Fsp3) is 0.345. The van der Waals surface area contributed by atoms with Crippen LogP contribution in [0.1, 0.15) is 71.0 Å². The molecule has 35 heavy (non-hydrogen) atoms. The van der Waals surface area contributed by atoms with E-state index in [0.29, 0.717) is 23.1 Å². The number of aryl methyl sites for hydroxylation is 2. The minimum atomic E-state index is -0.680. The van der Waals surface area contributed by atoms with Crippen molar-refractivity contribution in [1.82, 2.24) is 4.98 Å². The first-order chi connectivity index (χ1) is 16.9. The second kappa shape index (κ2) is 11.0. The van der Waals surface area contributed by atoms with E-state index >= 15 is 0 Å². The Morgan fingerprint density at radius 2 is 1.77 bits per heavy atom. The highest BCUT2D eigenvalue weighted by molar-refractivity contribution is 6.30. The molecule has 2 N–H and O–H groups in total. The maximum atomic E-state index is 11.3. The standard InChI is InChI=1S/C29H31ClN2O3/c1-18-15-25(30)11-12-26(18)28(27(32-35)17-20-13-14-31-19(2)16-20)23-7-3-21(4-8-23)22-5-9-24(10-6-22)29(33)34/h3-4,7-8,11-16,22,24,28,35H,5-6,9-10,17H2,1-2H3,(H,33,34)/b32-27+. The molecule has 1 heterocycles. The van der Waals surface area contributed by atoms with Gasteiger partial charge >= 0.3 is 5.97 Å². The Morgan fingerprint density at radius 3 is 2.37 bits per heavy atom. The molecule has 0 aliphatic heterocycles. The molecule has 1 fully saturated rings. The molecule has 0 amide bonds.